The molecule has 2 amide bonds. The molecule has 28 heavy (non-hydrogen) atoms. The van der Waals surface area contributed by atoms with Gasteiger partial charge >= 0.3 is 6.09 Å². The van der Waals surface area contributed by atoms with Gasteiger partial charge < -0.3 is 10.4 Å². The number of amides is 2. The third-order valence-electron chi connectivity index (χ3n) is 4.63. The van der Waals surface area contributed by atoms with Crippen LogP contribution in [0.4, 0.5) is 4.79 Å². The van der Waals surface area contributed by atoms with Gasteiger partial charge in [0.15, 0.2) is 0 Å². The number of carbonyl (C=O) groups is 2. The van der Waals surface area contributed by atoms with Crippen molar-refractivity contribution in [1.29, 1.82) is 0 Å². The summed E-state index contributed by atoms with van der Waals surface area (Å²) in [5.41, 5.74) is 3.53. The van der Waals surface area contributed by atoms with Gasteiger partial charge in [0.1, 0.15) is 6.33 Å². The monoisotopic (exact) mass is 380 g/mol. The van der Waals surface area contributed by atoms with Crippen LogP contribution < -0.4 is 5.32 Å². The predicted molar refractivity (Wildman–Crippen MR) is 108 cm³/mol. The summed E-state index contributed by atoms with van der Waals surface area (Å²) in [6.07, 6.45) is 0.774. The summed E-state index contributed by atoms with van der Waals surface area (Å²) < 4.78 is 1.94. The lowest BCUT2D eigenvalue weighted by Crippen LogP contribution is -2.44. The largest absolute Gasteiger partial charge is 0.465 e. The molecule has 1 heterocycles. The number of rotatable bonds is 4. The predicted octanol–water partition coefficient (Wildman–Crippen LogP) is 3.66. The van der Waals surface area contributed by atoms with Crippen LogP contribution in [0.25, 0.3) is 16.7 Å². The number of fused-ring (bicyclic) bond motifs is 1. The number of hydrogen-bond acceptors (Lipinski definition) is 3. The van der Waals surface area contributed by atoms with Crippen LogP contribution in [0.3, 0.4) is 0 Å². The van der Waals surface area contributed by atoms with Crippen molar-refractivity contribution in [3.63, 3.8) is 0 Å². The van der Waals surface area contributed by atoms with Crippen molar-refractivity contribution < 1.29 is 14.7 Å². The summed E-state index contributed by atoms with van der Waals surface area (Å²) in [5, 5.41) is 12.1. The Morgan fingerprint density at radius 2 is 1.82 bits per heavy atom. The average Bonchev–Trinajstić information content (AvgIpc) is 3.08. The van der Waals surface area contributed by atoms with Crippen LogP contribution in [-0.2, 0) is 6.54 Å². The topological polar surface area (TPSA) is 87.5 Å². The average molecular weight is 380 g/mol. The van der Waals surface area contributed by atoms with Crippen LogP contribution >= 0.6 is 0 Å². The first-order chi connectivity index (χ1) is 13.2. The highest BCUT2D eigenvalue weighted by atomic mass is 16.4. The Labute approximate surface area is 163 Å². The fourth-order valence-electron chi connectivity index (χ4n) is 3.04. The van der Waals surface area contributed by atoms with Crippen molar-refractivity contribution in [3.05, 3.63) is 59.9 Å². The van der Waals surface area contributed by atoms with Crippen molar-refractivity contribution in [2.75, 3.05) is 7.05 Å². The van der Waals surface area contributed by atoms with Crippen molar-refractivity contribution in [2.24, 2.45) is 0 Å². The molecule has 3 rings (SSSR count). The molecule has 0 fully saturated rings. The summed E-state index contributed by atoms with van der Waals surface area (Å²) in [6.45, 7) is 5.94. The minimum absolute atomic E-state index is 0.150. The molecule has 146 valence electrons. The minimum atomic E-state index is -0.941. The summed E-state index contributed by atoms with van der Waals surface area (Å²) in [4.78, 5) is 29.1. The summed E-state index contributed by atoms with van der Waals surface area (Å²) in [5.74, 6) is -0.150. The van der Waals surface area contributed by atoms with Crippen molar-refractivity contribution >= 4 is 23.0 Å². The molecule has 0 aliphatic carbocycles. The van der Waals surface area contributed by atoms with E-state index in [9.17, 15) is 14.7 Å². The highest BCUT2D eigenvalue weighted by Crippen LogP contribution is 2.22. The molecule has 0 aliphatic heterocycles. The number of nitrogens with zero attached hydrogens (tertiary/aromatic N) is 3. The lowest BCUT2D eigenvalue weighted by Gasteiger charge is -2.33. The molecule has 0 bridgehead atoms. The van der Waals surface area contributed by atoms with Gasteiger partial charge in [-0.2, -0.15) is 0 Å². The second-order valence-electron chi connectivity index (χ2n) is 7.60. The minimum Gasteiger partial charge on any atom is -0.465 e. The van der Waals surface area contributed by atoms with Gasteiger partial charge in [0, 0.05) is 30.4 Å². The Morgan fingerprint density at radius 1 is 1.14 bits per heavy atom. The van der Waals surface area contributed by atoms with E-state index in [0.717, 1.165) is 22.3 Å². The Kier molecular flexibility index (Phi) is 5.09. The molecule has 7 nitrogen and oxygen atoms in total. The maximum absolute atomic E-state index is 11.8. The molecule has 7 heteroatoms. The summed E-state index contributed by atoms with van der Waals surface area (Å²) in [7, 11) is 1.60. The third-order valence-corrected chi connectivity index (χ3v) is 4.63. The zero-order chi connectivity index (χ0) is 20.5. The number of imidazole rings is 1. The fourth-order valence-corrected chi connectivity index (χ4v) is 3.04. The molecule has 3 aromatic rings. The number of carboxylic acid groups (broad SMARTS) is 1. The zero-order valence-corrected chi connectivity index (χ0v) is 16.4. The Hall–Kier alpha value is -3.35. The fraction of sp³-hybridized carbons (Fsp3) is 0.286. The molecule has 0 spiro atoms. The standard InChI is InChI=1S/C21H24N4O3/c1-21(2,3)25(20(27)28)12-14-5-8-16(9-6-14)24-13-23-17-11-15(19(26)22-4)7-10-18(17)24/h5-11,13H,12H2,1-4H3,(H,22,26)(H,27,28). The number of carbonyl (C=O) groups excluding carboxylic acids is 1. The van der Waals surface area contributed by atoms with Crippen LogP contribution in [0.15, 0.2) is 48.8 Å². The maximum Gasteiger partial charge on any atom is 0.408 e. The molecular weight excluding hydrogens is 356 g/mol. The smallest absolute Gasteiger partial charge is 0.408 e. The van der Waals surface area contributed by atoms with Crippen LogP contribution in [0.5, 0.6) is 0 Å². The lowest BCUT2D eigenvalue weighted by molar-refractivity contribution is 0.0949. The van der Waals surface area contributed by atoms with Gasteiger partial charge in [-0.15, -0.1) is 0 Å². The van der Waals surface area contributed by atoms with Gasteiger partial charge in [-0.1, -0.05) is 12.1 Å². The summed E-state index contributed by atoms with van der Waals surface area (Å²) >= 11 is 0. The molecule has 1 aromatic heterocycles. The van der Waals surface area contributed by atoms with E-state index >= 15 is 0 Å². The van der Waals surface area contributed by atoms with Crippen molar-refractivity contribution in [1.82, 2.24) is 19.8 Å². The highest BCUT2D eigenvalue weighted by molar-refractivity contribution is 5.97. The van der Waals surface area contributed by atoms with E-state index < -0.39 is 11.6 Å². The molecule has 0 saturated heterocycles. The van der Waals surface area contributed by atoms with E-state index in [2.05, 4.69) is 10.3 Å². The van der Waals surface area contributed by atoms with E-state index in [0.29, 0.717) is 12.1 Å². The van der Waals surface area contributed by atoms with Crippen LogP contribution in [0.2, 0.25) is 0 Å². The van der Waals surface area contributed by atoms with E-state index in [1.807, 2.05) is 55.7 Å². The van der Waals surface area contributed by atoms with Gasteiger partial charge in [-0.3, -0.25) is 14.3 Å². The normalized spacial score (nSPS) is 11.4. The quantitative estimate of drug-likeness (QED) is 0.723. The second kappa shape index (κ2) is 7.34. The van der Waals surface area contributed by atoms with Crippen molar-refractivity contribution in [3.8, 4) is 5.69 Å². The first kappa shape index (κ1) is 19.4. The Balaban J connectivity index is 1.87. The Morgan fingerprint density at radius 3 is 2.39 bits per heavy atom. The molecule has 0 atom stereocenters. The first-order valence-electron chi connectivity index (χ1n) is 9.00. The molecule has 0 radical (unpaired) electrons. The summed E-state index contributed by atoms with van der Waals surface area (Å²) in [6, 6.07) is 13.1. The molecule has 2 aromatic carbocycles. The zero-order valence-electron chi connectivity index (χ0n) is 16.4. The number of aromatic nitrogens is 2. The molecule has 0 saturated carbocycles. The van der Waals surface area contributed by atoms with Crippen LogP contribution in [0.1, 0.15) is 36.7 Å². The Bertz CT molecular complexity index is 1020. The van der Waals surface area contributed by atoms with E-state index in [-0.39, 0.29) is 5.91 Å². The molecule has 2 N–H and O–H groups in total. The van der Waals surface area contributed by atoms with Gasteiger partial charge in [-0.25, -0.2) is 9.78 Å². The first-order valence-corrected chi connectivity index (χ1v) is 9.00. The van der Waals surface area contributed by atoms with Gasteiger partial charge in [0.05, 0.1) is 11.0 Å². The lowest BCUT2D eigenvalue weighted by atomic mass is 10.1. The third kappa shape index (κ3) is 3.83. The van der Waals surface area contributed by atoms with E-state index in [1.54, 1.807) is 25.5 Å². The number of hydrogen-bond donors (Lipinski definition) is 2. The molecular formula is C21H24N4O3. The van der Waals surface area contributed by atoms with E-state index in [4.69, 9.17) is 0 Å². The number of nitrogens with one attached hydrogen (secondary N) is 1. The van der Waals surface area contributed by atoms with Gasteiger partial charge in [0.25, 0.3) is 5.91 Å². The van der Waals surface area contributed by atoms with Crippen LogP contribution in [0, 0.1) is 0 Å². The van der Waals surface area contributed by atoms with Gasteiger partial charge in [-0.05, 0) is 56.7 Å². The highest BCUT2D eigenvalue weighted by Gasteiger charge is 2.26. The van der Waals surface area contributed by atoms with Crippen LogP contribution in [-0.4, -0.2) is 44.1 Å². The molecule has 0 aliphatic rings. The van der Waals surface area contributed by atoms with Crippen molar-refractivity contribution in [2.45, 2.75) is 32.9 Å². The van der Waals surface area contributed by atoms with Gasteiger partial charge in [0.2, 0.25) is 0 Å². The maximum atomic E-state index is 11.8. The molecule has 0 unspecified atom stereocenters. The van der Waals surface area contributed by atoms with E-state index in [1.165, 1.54) is 4.90 Å². The number of benzene rings is 2. The SMILES string of the molecule is CNC(=O)c1ccc2c(c1)ncn2-c1ccc(CN(C(=O)O)C(C)(C)C)cc1. The second-order valence-corrected chi connectivity index (χ2v) is 7.60.